The number of anilines is 1. The van der Waals surface area contributed by atoms with Crippen molar-refractivity contribution in [3.63, 3.8) is 0 Å². The molecule has 0 N–H and O–H groups in total. The fraction of sp³-hybridized carbons (Fsp3) is 0.333. The lowest BCUT2D eigenvalue weighted by molar-refractivity contribution is -0.249. The van der Waals surface area contributed by atoms with Crippen molar-refractivity contribution in [2.45, 2.75) is 12.1 Å². The molecule has 120 valence electrons. The molecule has 2 heterocycles. The number of thiophene rings is 1. The van der Waals surface area contributed by atoms with Crippen molar-refractivity contribution in [3.05, 3.63) is 22.6 Å². The van der Waals surface area contributed by atoms with E-state index < -0.39 is 29.4 Å². The summed E-state index contributed by atoms with van der Waals surface area (Å²) in [7, 11) is 3.47. The second-order valence-corrected chi connectivity index (χ2v) is 5.61. The van der Waals surface area contributed by atoms with Gasteiger partial charge in [-0.3, -0.25) is 0 Å². The van der Waals surface area contributed by atoms with E-state index in [1.807, 2.05) is 0 Å². The van der Waals surface area contributed by atoms with Gasteiger partial charge in [-0.2, -0.15) is 22.0 Å². The Bertz CT molecular complexity index is 661. The first kappa shape index (κ1) is 16.4. The molecule has 1 aromatic heterocycles. The number of carbonyl (C=O) groups is 1. The van der Waals surface area contributed by atoms with E-state index in [2.05, 4.69) is 9.99 Å². The van der Waals surface area contributed by atoms with Crippen molar-refractivity contribution in [2.75, 3.05) is 19.0 Å². The maximum atomic E-state index is 13.4. The molecule has 0 saturated carbocycles. The van der Waals surface area contributed by atoms with Crippen LogP contribution in [0.1, 0.15) is 4.88 Å². The summed E-state index contributed by atoms with van der Waals surface area (Å²) < 4.78 is 63.9. The lowest BCUT2D eigenvalue weighted by Crippen LogP contribution is -2.44. The van der Waals surface area contributed by atoms with Crippen molar-refractivity contribution in [1.82, 2.24) is 0 Å². The highest BCUT2D eigenvalue weighted by molar-refractivity contribution is 7.17. The Kier molecular flexibility index (Phi) is 3.98. The smallest absolute Gasteiger partial charge is 0.370 e. The van der Waals surface area contributed by atoms with E-state index in [0.717, 1.165) is 22.4 Å². The molecule has 22 heavy (non-hydrogen) atoms. The molecule has 0 radical (unpaired) electrons. The summed E-state index contributed by atoms with van der Waals surface area (Å²) in [4.78, 5) is 17.4. The number of hydrogen-bond donors (Lipinski definition) is 0. The quantitative estimate of drug-likeness (QED) is 0.482. The van der Waals surface area contributed by atoms with Crippen molar-refractivity contribution < 1.29 is 31.6 Å². The van der Waals surface area contributed by atoms with Gasteiger partial charge in [0.05, 0.1) is 10.6 Å². The van der Waals surface area contributed by atoms with Crippen LogP contribution >= 0.6 is 11.3 Å². The summed E-state index contributed by atoms with van der Waals surface area (Å²) >= 11 is 1.11. The van der Waals surface area contributed by atoms with Gasteiger partial charge in [-0.15, -0.1) is 11.3 Å². The van der Waals surface area contributed by atoms with Crippen LogP contribution in [0.3, 0.4) is 0 Å². The first-order chi connectivity index (χ1) is 10.0. The third kappa shape index (κ3) is 2.82. The normalized spacial score (nSPS) is 17.7. The topological polar surface area (TPSA) is 41.9 Å². The highest BCUT2D eigenvalue weighted by atomic mass is 32.1. The zero-order valence-electron chi connectivity index (χ0n) is 11.2. The average Bonchev–Trinajstić information content (AvgIpc) is 2.97. The summed E-state index contributed by atoms with van der Waals surface area (Å²) in [6, 6.07) is 3.12. The minimum atomic E-state index is -5.87. The number of halogens is 5. The van der Waals surface area contributed by atoms with Crippen LogP contribution in [0.2, 0.25) is 0 Å². The minimum absolute atomic E-state index is 0.322. The Morgan fingerprint density at radius 2 is 1.86 bits per heavy atom. The van der Waals surface area contributed by atoms with Crippen LogP contribution in [0, 0.1) is 0 Å². The van der Waals surface area contributed by atoms with E-state index in [0.29, 0.717) is 4.88 Å². The Morgan fingerprint density at radius 1 is 1.23 bits per heavy atom. The monoisotopic (exact) mass is 340 g/mol. The summed E-state index contributed by atoms with van der Waals surface area (Å²) in [5.41, 5.74) is -2.64. The van der Waals surface area contributed by atoms with Gasteiger partial charge >= 0.3 is 18.1 Å². The molecule has 2 rings (SSSR count). The SMILES string of the molecule is CN(C)c1ccc(/C=C2\C(=O)ON=C2C(F)(F)C(F)(F)F)s1. The molecule has 0 spiro atoms. The largest absolute Gasteiger partial charge is 0.459 e. The van der Waals surface area contributed by atoms with Crippen LogP contribution in [0.5, 0.6) is 0 Å². The molecule has 0 atom stereocenters. The highest BCUT2D eigenvalue weighted by Crippen LogP contribution is 2.41. The second-order valence-electron chi connectivity index (χ2n) is 4.52. The fourth-order valence-corrected chi connectivity index (χ4v) is 2.45. The molecule has 0 fully saturated rings. The molecular formula is C12H9F5N2O2S. The average molecular weight is 340 g/mol. The summed E-state index contributed by atoms with van der Waals surface area (Å²) in [5.74, 6) is -6.62. The molecular weight excluding hydrogens is 331 g/mol. The molecule has 4 nitrogen and oxygen atoms in total. The van der Waals surface area contributed by atoms with E-state index in [-0.39, 0.29) is 0 Å². The first-order valence-electron chi connectivity index (χ1n) is 5.77. The van der Waals surface area contributed by atoms with Crippen LogP contribution in [0.4, 0.5) is 27.0 Å². The van der Waals surface area contributed by atoms with Gasteiger partial charge in [-0.25, -0.2) is 4.79 Å². The molecule has 0 aromatic carbocycles. The van der Waals surface area contributed by atoms with Gasteiger partial charge in [0.1, 0.15) is 0 Å². The van der Waals surface area contributed by atoms with Gasteiger partial charge in [0, 0.05) is 19.0 Å². The van der Waals surface area contributed by atoms with Gasteiger partial charge in [-0.05, 0) is 18.2 Å². The molecule has 10 heteroatoms. The van der Waals surface area contributed by atoms with Crippen LogP contribution in [0.15, 0.2) is 22.9 Å². The van der Waals surface area contributed by atoms with Crippen molar-refractivity contribution in [1.29, 1.82) is 0 Å². The number of alkyl halides is 5. The Hall–Kier alpha value is -1.97. The van der Waals surface area contributed by atoms with Crippen molar-refractivity contribution >= 4 is 34.1 Å². The lowest BCUT2D eigenvalue weighted by Gasteiger charge is -2.18. The molecule has 1 aliphatic rings. The van der Waals surface area contributed by atoms with Crippen molar-refractivity contribution in [2.24, 2.45) is 5.16 Å². The molecule has 1 aliphatic heterocycles. The minimum Gasteiger partial charge on any atom is -0.370 e. The van der Waals surface area contributed by atoms with Crippen LogP contribution in [0.25, 0.3) is 6.08 Å². The molecule has 0 saturated heterocycles. The van der Waals surface area contributed by atoms with E-state index in [1.54, 1.807) is 25.1 Å². The number of rotatable bonds is 3. The van der Waals surface area contributed by atoms with Crippen LogP contribution < -0.4 is 4.90 Å². The van der Waals surface area contributed by atoms with E-state index >= 15 is 0 Å². The van der Waals surface area contributed by atoms with Crippen LogP contribution in [-0.2, 0) is 9.63 Å². The molecule has 0 aliphatic carbocycles. The van der Waals surface area contributed by atoms with Crippen LogP contribution in [-0.4, -0.2) is 37.9 Å². The summed E-state index contributed by atoms with van der Waals surface area (Å²) in [6.07, 6.45) is -4.96. The lowest BCUT2D eigenvalue weighted by atomic mass is 10.0. The van der Waals surface area contributed by atoms with Gasteiger partial charge in [0.25, 0.3) is 0 Å². The van der Waals surface area contributed by atoms with Gasteiger partial charge < -0.3 is 9.74 Å². The molecule has 0 amide bonds. The molecule has 1 aromatic rings. The van der Waals surface area contributed by atoms with E-state index in [4.69, 9.17) is 0 Å². The third-order valence-corrected chi connectivity index (χ3v) is 3.89. The van der Waals surface area contributed by atoms with E-state index in [1.165, 1.54) is 6.07 Å². The zero-order valence-corrected chi connectivity index (χ0v) is 12.1. The van der Waals surface area contributed by atoms with E-state index in [9.17, 15) is 26.7 Å². The Morgan fingerprint density at radius 3 is 2.36 bits per heavy atom. The molecule has 0 bridgehead atoms. The predicted molar refractivity (Wildman–Crippen MR) is 71.2 cm³/mol. The summed E-state index contributed by atoms with van der Waals surface area (Å²) in [6.45, 7) is 0. The Balaban J connectivity index is 2.41. The number of hydrogen-bond acceptors (Lipinski definition) is 5. The fourth-order valence-electron chi connectivity index (χ4n) is 1.57. The zero-order chi connectivity index (χ0) is 16.7. The van der Waals surface area contributed by atoms with Gasteiger partial charge in [0.2, 0.25) is 0 Å². The van der Waals surface area contributed by atoms with Gasteiger partial charge in [-0.1, -0.05) is 5.16 Å². The van der Waals surface area contributed by atoms with Gasteiger partial charge in [0.15, 0.2) is 5.71 Å². The predicted octanol–water partition coefficient (Wildman–Crippen LogP) is 3.31. The standard InChI is InChI=1S/C12H9F5N2O2S/c1-19(2)8-4-3-6(22-8)5-7-9(18-21-10(7)20)11(13,14)12(15,16)17/h3-5H,1-2H3/b7-5-. The molecule has 0 unspecified atom stereocenters. The highest BCUT2D eigenvalue weighted by Gasteiger charge is 2.64. The summed E-state index contributed by atoms with van der Waals surface area (Å²) in [5, 5.41) is 3.33. The van der Waals surface area contributed by atoms with Crippen molar-refractivity contribution in [3.8, 4) is 0 Å². The number of nitrogens with zero attached hydrogens (tertiary/aromatic N) is 2. The number of oxime groups is 1. The maximum Gasteiger partial charge on any atom is 0.459 e. The maximum absolute atomic E-state index is 13.4. The first-order valence-corrected chi connectivity index (χ1v) is 6.59. The number of carbonyl (C=O) groups excluding carboxylic acids is 1. The third-order valence-electron chi connectivity index (χ3n) is 2.69. The Labute approximate surface area is 125 Å². The second kappa shape index (κ2) is 5.34.